The van der Waals surface area contributed by atoms with Crippen LogP contribution in [0.3, 0.4) is 0 Å². The van der Waals surface area contributed by atoms with Crippen molar-refractivity contribution in [1.29, 1.82) is 21.2 Å². The highest BCUT2D eigenvalue weighted by Gasteiger charge is 2.58. The second-order valence-electron chi connectivity index (χ2n) is 7.39. The largest absolute Gasteiger partial charge is 0.305 e. The quantitative estimate of drug-likeness (QED) is 0.727. The van der Waals surface area contributed by atoms with E-state index < -0.39 is 17.3 Å². The molecular formula is C23H18N4S. The van der Waals surface area contributed by atoms with Crippen molar-refractivity contribution in [3.63, 3.8) is 0 Å². The minimum atomic E-state index is -1.61. The molecule has 4 nitrogen and oxygen atoms in total. The third kappa shape index (κ3) is 2.58. The average Bonchev–Trinajstić information content (AvgIpc) is 3.27. The van der Waals surface area contributed by atoms with Crippen LogP contribution in [-0.4, -0.2) is 5.71 Å². The molecule has 2 aliphatic rings. The Labute approximate surface area is 168 Å². The number of hydrogen-bond donors (Lipinski definition) is 1. The van der Waals surface area contributed by atoms with Gasteiger partial charge in [0.05, 0.1) is 23.9 Å². The lowest BCUT2D eigenvalue weighted by molar-refractivity contribution is 0.307. The number of rotatable bonds is 2. The molecule has 0 saturated heterocycles. The van der Waals surface area contributed by atoms with Crippen molar-refractivity contribution in [3.8, 4) is 18.2 Å². The lowest BCUT2D eigenvalue weighted by Gasteiger charge is -2.46. The fraction of sp³-hybridized carbons (Fsp3) is 0.304. The molecule has 5 heteroatoms. The summed E-state index contributed by atoms with van der Waals surface area (Å²) >= 11 is 1.52. The van der Waals surface area contributed by atoms with Crippen molar-refractivity contribution in [3.05, 3.63) is 69.9 Å². The van der Waals surface area contributed by atoms with Crippen LogP contribution in [-0.2, 0) is 0 Å². The fourth-order valence-electron chi connectivity index (χ4n) is 4.79. The third-order valence-corrected chi connectivity index (χ3v) is 7.08. The van der Waals surface area contributed by atoms with Gasteiger partial charge in [-0.2, -0.15) is 15.8 Å². The van der Waals surface area contributed by atoms with E-state index >= 15 is 0 Å². The normalized spacial score (nSPS) is 28.2. The van der Waals surface area contributed by atoms with Gasteiger partial charge in [0.2, 0.25) is 0 Å². The Bertz CT molecular complexity index is 1030. The van der Waals surface area contributed by atoms with Crippen LogP contribution in [0, 0.1) is 56.7 Å². The summed E-state index contributed by atoms with van der Waals surface area (Å²) < 4.78 is 0. The Hall–Kier alpha value is -3.20. The molecule has 1 aromatic carbocycles. The van der Waals surface area contributed by atoms with Crippen LogP contribution in [0.1, 0.15) is 35.1 Å². The van der Waals surface area contributed by atoms with E-state index in [4.69, 9.17) is 5.41 Å². The summed E-state index contributed by atoms with van der Waals surface area (Å²) in [6.07, 6.45) is 3.67. The third-order valence-electron chi connectivity index (χ3n) is 6.12. The molecule has 1 saturated carbocycles. The second kappa shape index (κ2) is 7.08. The molecule has 0 spiro atoms. The van der Waals surface area contributed by atoms with Crippen LogP contribution in [0.15, 0.2) is 59.5 Å². The van der Waals surface area contributed by atoms with Gasteiger partial charge in [-0.15, -0.1) is 11.3 Å². The zero-order chi connectivity index (χ0) is 19.7. The van der Waals surface area contributed by atoms with Crippen LogP contribution in [0.4, 0.5) is 0 Å². The lowest BCUT2D eigenvalue weighted by atomic mass is 9.53. The molecular weight excluding hydrogens is 364 g/mol. The standard InChI is InChI=1S/C23H18N4S/c24-12-19-17-9-8-16(15-5-2-1-3-6-15)11-18(17)21(20-7-4-10-28-20)23(13-25,14-26)22(19)27/h1-7,9-10,16,18-19,21,27H,8,11H2/t16-,18+,19?,21+/m0/s1. The summed E-state index contributed by atoms with van der Waals surface area (Å²) in [6.45, 7) is 0. The first-order chi connectivity index (χ1) is 13.7. The first kappa shape index (κ1) is 18.2. The molecule has 1 N–H and O–H groups in total. The van der Waals surface area contributed by atoms with Gasteiger partial charge in [0.25, 0.3) is 0 Å². The summed E-state index contributed by atoms with van der Waals surface area (Å²) in [6, 6.07) is 20.6. The number of nitrogens with one attached hydrogen (secondary N) is 1. The van der Waals surface area contributed by atoms with Crippen molar-refractivity contribution in [2.75, 3.05) is 0 Å². The van der Waals surface area contributed by atoms with Crippen molar-refractivity contribution in [2.45, 2.75) is 24.7 Å². The smallest absolute Gasteiger partial charge is 0.190 e. The molecule has 0 aliphatic heterocycles. The Morgan fingerprint density at radius 3 is 2.39 bits per heavy atom. The molecule has 0 bridgehead atoms. The van der Waals surface area contributed by atoms with E-state index in [9.17, 15) is 15.8 Å². The fourth-order valence-corrected chi connectivity index (χ4v) is 5.75. The summed E-state index contributed by atoms with van der Waals surface area (Å²) in [4.78, 5) is 0.939. The number of fused-ring (bicyclic) bond motifs is 1. The topological polar surface area (TPSA) is 95.2 Å². The molecule has 136 valence electrons. The van der Waals surface area contributed by atoms with Crippen molar-refractivity contribution >= 4 is 17.0 Å². The maximum absolute atomic E-state index is 10.0. The van der Waals surface area contributed by atoms with Crippen molar-refractivity contribution in [1.82, 2.24) is 0 Å². The van der Waals surface area contributed by atoms with Gasteiger partial charge in [-0.05, 0) is 47.3 Å². The van der Waals surface area contributed by atoms with Crippen molar-refractivity contribution < 1.29 is 0 Å². The highest BCUT2D eigenvalue weighted by atomic mass is 32.1. The van der Waals surface area contributed by atoms with Crippen LogP contribution >= 0.6 is 11.3 Å². The predicted octanol–water partition coefficient (Wildman–Crippen LogP) is 5.16. The number of hydrogen-bond acceptors (Lipinski definition) is 5. The molecule has 4 rings (SSSR count). The number of benzene rings is 1. The van der Waals surface area contributed by atoms with Crippen LogP contribution in [0.2, 0.25) is 0 Å². The van der Waals surface area contributed by atoms with E-state index in [1.807, 2.05) is 35.7 Å². The van der Waals surface area contributed by atoms with E-state index in [0.29, 0.717) is 0 Å². The number of allylic oxidation sites excluding steroid dienone is 2. The van der Waals surface area contributed by atoms with Gasteiger partial charge in [0.1, 0.15) is 5.92 Å². The molecule has 1 unspecified atom stereocenters. The van der Waals surface area contributed by atoms with Crippen LogP contribution < -0.4 is 0 Å². The molecule has 2 aromatic rings. The van der Waals surface area contributed by atoms with Gasteiger partial charge in [-0.3, -0.25) is 0 Å². The summed E-state index contributed by atoms with van der Waals surface area (Å²) in [5.74, 6) is -1.04. The first-order valence-electron chi connectivity index (χ1n) is 9.25. The average molecular weight is 382 g/mol. The van der Waals surface area contributed by atoms with Gasteiger partial charge in [-0.1, -0.05) is 42.5 Å². The molecule has 28 heavy (non-hydrogen) atoms. The van der Waals surface area contributed by atoms with Crippen LogP contribution in [0.5, 0.6) is 0 Å². The summed E-state index contributed by atoms with van der Waals surface area (Å²) in [5, 5.41) is 40.4. The molecule has 1 fully saturated rings. The second-order valence-corrected chi connectivity index (χ2v) is 8.37. The summed E-state index contributed by atoms with van der Waals surface area (Å²) in [5.41, 5.74) is 0.473. The SMILES string of the molecule is N#CC1C(=N)C(C#N)(C#N)[C@@H](c2cccs2)[C@@H]2C[C@@H](c3ccccc3)CC=C12. The highest BCUT2D eigenvalue weighted by molar-refractivity contribution is 7.10. The van der Waals surface area contributed by atoms with E-state index in [1.54, 1.807) is 0 Å². The number of thiophene rings is 1. The molecule has 0 amide bonds. The zero-order valence-electron chi connectivity index (χ0n) is 15.2. The Morgan fingerprint density at radius 2 is 1.79 bits per heavy atom. The van der Waals surface area contributed by atoms with E-state index in [1.165, 1.54) is 16.9 Å². The Morgan fingerprint density at radius 1 is 1.04 bits per heavy atom. The Kier molecular flexibility index (Phi) is 4.60. The Balaban J connectivity index is 1.87. The predicted molar refractivity (Wildman–Crippen MR) is 108 cm³/mol. The lowest BCUT2D eigenvalue weighted by Crippen LogP contribution is -2.49. The van der Waals surface area contributed by atoms with Gasteiger partial charge in [0.15, 0.2) is 5.41 Å². The highest BCUT2D eigenvalue weighted by Crippen LogP contribution is 2.57. The number of nitrogens with zero attached hydrogens (tertiary/aromatic N) is 3. The minimum Gasteiger partial charge on any atom is -0.305 e. The maximum atomic E-state index is 10.0. The van der Waals surface area contributed by atoms with E-state index in [-0.39, 0.29) is 17.5 Å². The number of nitriles is 3. The maximum Gasteiger partial charge on any atom is 0.190 e. The van der Waals surface area contributed by atoms with Crippen molar-refractivity contribution in [2.24, 2.45) is 17.3 Å². The molecule has 0 radical (unpaired) electrons. The van der Waals surface area contributed by atoms with Crippen LogP contribution in [0.25, 0.3) is 0 Å². The molecule has 1 aromatic heterocycles. The minimum absolute atomic E-state index is 0.0703. The zero-order valence-corrected chi connectivity index (χ0v) is 16.0. The van der Waals surface area contributed by atoms with Gasteiger partial charge in [0, 0.05) is 10.8 Å². The molecule has 1 heterocycles. The van der Waals surface area contributed by atoms with E-state index in [2.05, 4.69) is 36.4 Å². The summed E-state index contributed by atoms with van der Waals surface area (Å²) in [7, 11) is 0. The van der Waals surface area contributed by atoms with Gasteiger partial charge in [-0.25, -0.2) is 0 Å². The van der Waals surface area contributed by atoms with Gasteiger partial charge >= 0.3 is 0 Å². The first-order valence-corrected chi connectivity index (χ1v) is 10.1. The molecule has 4 atom stereocenters. The molecule has 2 aliphatic carbocycles. The van der Waals surface area contributed by atoms with Gasteiger partial charge < -0.3 is 5.41 Å². The van der Waals surface area contributed by atoms with E-state index in [0.717, 1.165) is 23.3 Å². The monoisotopic (exact) mass is 382 g/mol.